The van der Waals surface area contributed by atoms with Gasteiger partial charge in [-0.2, -0.15) is 5.26 Å². The van der Waals surface area contributed by atoms with E-state index in [4.69, 9.17) is 0 Å². The van der Waals surface area contributed by atoms with E-state index < -0.39 is 12.0 Å². The number of nitriles is 1. The summed E-state index contributed by atoms with van der Waals surface area (Å²) in [5.74, 6) is -0.448. The van der Waals surface area contributed by atoms with Crippen molar-refractivity contribution in [1.29, 1.82) is 5.26 Å². The molecule has 0 N–H and O–H groups in total. The molecule has 2 aromatic rings. The highest BCUT2D eigenvalue weighted by Gasteiger charge is 2.15. The predicted octanol–water partition coefficient (Wildman–Crippen LogP) is 2.98. The van der Waals surface area contributed by atoms with Gasteiger partial charge in [0.1, 0.15) is 6.04 Å². The van der Waals surface area contributed by atoms with E-state index >= 15 is 0 Å². The molecule has 0 aromatic heterocycles. The predicted molar refractivity (Wildman–Crippen MR) is 84.6 cm³/mol. The normalized spacial score (nSPS) is 11.1. The van der Waals surface area contributed by atoms with E-state index in [0.29, 0.717) is 5.71 Å². The fourth-order valence-electron chi connectivity index (χ4n) is 2.02. The number of hydrogen-bond acceptors (Lipinski definition) is 4. The Hall–Kier alpha value is -2.93. The summed E-state index contributed by atoms with van der Waals surface area (Å²) in [6.07, 6.45) is -0.0594. The van der Waals surface area contributed by atoms with Crippen LogP contribution in [0.25, 0.3) is 0 Å². The largest absolute Gasteiger partial charge is 0.469 e. The molecule has 0 heterocycles. The smallest absolute Gasteiger partial charge is 0.308 e. The standard InChI is InChI=1S/C18H16N2O2/c1-22-17(21)12-16(13-19)20-18(14-8-4-2-5-9-14)15-10-6-3-7-11-15/h2-11,16H,12H2,1H3. The maximum Gasteiger partial charge on any atom is 0.308 e. The fourth-order valence-corrected chi connectivity index (χ4v) is 2.02. The molecule has 0 saturated heterocycles. The first kappa shape index (κ1) is 15.5. The number of ether oxygens (including phenoxy) is 1. The van der Waals surface area contributed by atoms with Gasteiger partial charge in [-0.1, -0.05) is 60.7 Å². The first-order valence-corrected chi connectivity index (χ1v) is 6.89. The van der Waals surface area contributed by atoms with Gasteiger partial charge in [0.05, 0.1) is 25.3 Å². The van der Waals surface area contributed by atoms with Crippen molar-refractivity contribution in [3.05, 3.63) is 71.8 Å². The molecule has 22 heavy (non-hydrogen) atoms. The molecule has 1 atom stereocenters. The maximum absolute atomic E-state index is 11.4. The Balaban J connectivity index is 2.42. The molecule has 2 rings (SSSR count). The average Bonchev–Trinajstić information content (AvgIpc) is 2.59. The molecular weight excluding hydrogens is 276 g/mol. The van der Waals surface area contributed by atoms with Gasteiger partial charge in [0, 0.05) is 11.1 Å². The van der Waals surface area contributed by atoms with Gasteiger partial charge in [-0.25, -0.2) is 0 Å². The van der Waals surface area contributed by atoms with Crippen LogP contribution in [-0.2, 0) is 9.53 Å². The summed E-state index contributed by atoms with van der Waals surface area (Å²) in [6, 6.07) is 20.5. The minimum Gasteiger partial charge on any atom is -0.469 e. The second kappa shape index (κ2) is 7.75. The van der Waals surface area contributed by atoms with E-state index in [1.165, 1.54) is 7.11 Å². The van der Waals surface area contributed by atoms with E-state index in [-0.39, 0.29) is 6.42 Å². The minimum absolute atomic E-state index is 0.0594. The zero-order valence-corrected chi connectivity index (χ0v) is 12.3. The second-order valence-electron chi connectivity index (χ2n) is 4.63. The van der Waals surface area contributed by atoms with Gasteiger partial charge >= 0.3 is 5.97 Å². The lowest BCUT2D eigenvalue weighted by Gasteiger charge is -2.10. The number of nitrogens with zero attached hydrogens (tertiary/aromatic N) is 2. The Labute approximate surface area is 129 Å². The van der Waals surface area contributed by atoms with Crippen LogP contribution in [0.2, 0.25) is 0 Å². The van der Waals surface area contributed by atoms with Gasteiger partial charge < -0.3 is 4.74 Å². The molecule has 2 aromatic carbocycles. The maximum atomic E-state index is 11.4. The lowest BCUT2D eigenvalue weighted by molar-refractivity contribution is -0.140. The number of benzene rings is 2. The van der Waals surface area contributed by atoms with Crippen LogP contribution in [0.5, 0.6) is 0 Å². The molecule has 0 aliphatic rings. The highest BCUT2D eigenvalue weighted by molar-refractivity contribution is 6.13. The number of aliphatic imine (C=N–C) groups is 1. The van der Waals surface area contributed by atoms with E-state index in [2.05, 4.69) is 9.73 Å². The van der Waals surface area contributed by atoms with Gasteiger partial charge in [-0.15, -0.1) is 0 Å². The summed E-state index contributed by atoms with van der Waals surface area (Å²) >= 11 is 0. The van der Waals surface area contributed by atoms with Crippen molar-refractivity contribution >= 4 is 11.7 Å². The Morgan fingerprint density at radius 3 is 2.00 bits per heavy atom. The molecule has 4 nitrogen and oxygen atoms in total. The average molecular weight is 292 g/mol. The first-order chi connectivity index (χ1) is 10.7. The Bertz CT molecular complexity index is 647. The molecule has 1 unspecified atom stereocenters. The van der Waals surface area contributed by atoms with Crippen LogP contribution >= 0.6 is 0 Å². The number of carbonyl (C=O) groups excluding carboxylic acids is 1. The molecular formula is C18H16N2O2. The van der Waals surface area contributed by atoms with Gasteiger partial charge in [0.15, 0.2) is 0 Å². The van der Waals surface area contributed by atoms with Gasteiger partial charge in [0.25, 0.3) is 0 Å². The summed E-state index contributed by atoms with van der Waals surface area (Å²) in [4.78, 5) is 15.9. The lowest BCUT2D eigenvalue weighted by atomic mass is 10.0. The molecule has 4 heteroatoms. The van der Waals surface area contributed by atoms with E-state index in [9.17, 15) is 10.1 Å². The van der Waals surface area contributed by atoms with Crippen molar-refractivity contribution in [3.63, 3.8) is 0 Å². The lowest BCUT2D eigenvalue weighted by Crippen LogP contribution is -2.15. The van der Waals surface area contributed by atoms with Crippen molar-refractivity contribution in [2.45, 2.75) is 12.5 Å². The van der Waals surface area contributed by atoms with E-state index in [1.54, 1.807) is 0 Å². The zero-order valence-electron chi connectivity index (χ0n) is 12.3. The molecule has 0 aliphatic carbocycles. The highest BCUT2D eigenvalue weighted by Crippen LogP contribution is 2.13. The quantitative estimate of drug-likeness (QED) is 0.628. The first-order valence-electron chi connectivity index (χ1n) is 6.89. The number of carbonyl (C=O) groups is 1. The molecule has 0 saturated carbocycles. The van der Waals surface area contributed by atoms with Crippen LogP contribution in [0.4, 0.5) is 0 Å². The zero-order chi connectivity index (χ0) is 15.8. The minimum atomic E-state index is -0.775. The molecule has 0 radical (unpaired) electrons. The summed E-state index contributed by atoms with van der Waals surface area (Å²) in [6.45, 7) is 0. The van der Waals surface area contributed by atoms with Crippen LogP contribution < -0.4 is 0 Å². The monoisotopic (exact) mass is 292 g/mol. The van der Waals surface area contributed by atoms with Crippen molar-refractivity contribution in [2.24, 2.45) is 4.99 Å². The third-order valence-corrected chi connectivity index (χ3v) is 3.12. The SMILES string of the molecule is COC(=O)CC(C#N)N=C(c1ccccc1)c1ccccc1. The third kappa shape index (κ3) is 4.03. The Morgan fingerprint density at radius 2 is 1.59 bits per heavy atom. The summed E-state index contributed by atoms with van der Waals surface area (Å²) in [5, 5.41) is 9.25. The Morgan fingerprint density at radius 1 is 1.09 bits per heavy atom. The Kier molecular flexibility index (Phi) is 5.44. The van der Waals surface area contributed by atoms with E-state index in [0.717, 1.165) is 11.1 Å². The third-order valence-electron chi connectivity index (χ3n) is 3.12. The highest BCUT2D eigenvalue weighted by atomic mass is 16.5. The molecule has 0 amide bonds. The van der Waals surface area contributed by atoms with Crippen LogP contribution in [0.1, 0.15) is 17.5 Å². The number of esters is 1. The number of hydrogen-bond donors (Lipinski definition) is 0. The van der Waals surface area contributed by atoms with Crippen LogP contribution in [-0.4, -0.2) is 24.8 Å². The van der Waals surface area contributed by atoms with Gasteiger partial charge in [-0.05, 0) is 0 Å². The molecule has 0 bridgehead atoms. The fraction of sp³-hybridized carbons (Fsp3) is 0.167. The molecule has 110 valence electrons. The summed E-state index contributed by atoms with van der Waals surface area (Å²) in [7, 11) is 1.30. The number of rotatable bonds is 5. The van der Waals surface area contributed by atoms with Crippen molar-refractivity contribution in [3.8, 4) is 6.07 Å². The van der Waals surface area contributed by atoms with Crippen LogP contribution in [0, 0.1) is 11.3 Å². The van der Waals surface area contributed by atoms with Crippen molar-refractivity contribution in [1.82, 2.24) is 0 Å². The van der Waals surface area contributed by atoms with Gasteiger partial charge in [0.2, 0.25) is 0 Å². The molecule has 0 fully saturated rings. The number of methoxy groups -OCH3 is 1. The van der Waals surface area contributed by atoms with Crippen LogP contribution in [0.15, 0.2) is 65.7 Å². The van der Waals surface area contributed by atoms with Crippen molar-refractivity contribution < 1.29 is 9.53 Å². The summed E-state index contributed by atoms with van der Waals surface area (Å²) < 4.78 is 4.62. The van der Waals surface area contributed by atoms with Gasteiger partial charge in [-0.3, -0.25) is 9.79 Å². The van der Waals surface area contributed by atoms with Crippen LogP contribution in [0.3, 0.4) is 0 Å². The second-order valence-corrected chi connectivity index (χ2v) is 4.63. The molecule has 0 spiro atoms. The van der Waals surface area contributed by atoms with E-state index in [1.807, 2.05) is 66.7 Å². The van der Waals surface area contributed by atoms with Crippen molar-refractivity contribution in [2.75, 3.05) is 7.11 Å². The topological polar surface area (TPSA) is 62.5 Å². The summed E-state index contributed by atoms with van der Waals surface area (Å²) in [5.41, 5.74) is 2.49. The molecule has 0 aliphatic heterocycles.